The molecule has 0 nitrogen and oxygen atoms in total. The van der Waals surface area contributed by atoms with Crippen molar-refractivity contribution in [2.45, 2.75) is 26.2 Å². The molecule has 3 aromatic rings. The minimum Gasteiger partial charge on any atom is -0.139 e. The van der Waals surface area contributed by atoms with Gasteiger partial charge in [0.05, 0.1) is 0 Å². The van der Waals surface area contributed by atoms with Crippen molar-refractivity contribution in [2.24, 2.45) is 0 Å². The van der Waals surface area contributed by atoms with Crippen LogP contribution in [0.5, 0.6) is 0 Å². The molecule has 0 atom stereocenters. The lowest BCUT2D eigenvalue weighted by Crippen LogP contribution is -2.09. The summed E-state index contributed by atoms with van der Waals surface area (Å²) in [6, 6.07) is 19.5. The summed E-state index contributed by atoms with van der Waals surface area (Å²) in [4.78, 5) is 1.47. The molecule has 0 fully saturated rings. The Balaban J connectivity index is 2.38. The number of fused-ring (bicyclic) bond motifs is 1. The van der Waals surface area contributed by atoms with Gasteiger partial charge in [-0.05, 0) is 17.0 Å². The van der Waals surface area contributed by atoms with E-state index in [0.29, 0.717) is 0 Å². The van der Waals surface area contributed by atoms with E-state index in [4.69, 9.17) is 0 Å². The lowest BCUT2D eigenvalue weighted by molar-refractivity contribution is 0.606. The fourth-order valence-corrected chi connectivity index (χ4v) is 3.75. The van der Waals surface area contributed by atoms with Crippen molar-refractivity contribution in [2.75, 3.05) is 0 Å². The number of benzene rings is 2. The first-order valence-electron chi connectivity index (χ1n) is 6.65. The predicted molar refractivity (Wildman–Crippen MR) is 86.0 cm³/mol. The Hall–Kier alpha value is -1.60. The standard InChI is InChI=1S/C18H18S/c1-18(2,3)17-16(13-9-5-4-6-10-13)14-11-7-8-12-15(14)19-17/h4-12H,1-3H3. The number of thiophene rings is 1. The fraction of sp³-hybridized carbons (Fsp3) is 0.222. The third kappa shape index (κ3) is 2.19. The van der Waals surface area contributed by atoms with Crippen LogP contribution in [0, 0.1) is 0 Å². The fourth-order valence-electron chi connectivity index (χ4n) is 2.46. The molecule has 0 aliphatic carbocycles. The summed E-state index contributed by atoms with van der Waals surface area (Å²) in [5.41, 5.74) is 2.91. The van der Waals surface area contributed by atoms with Gasteiger partial charge in [-0.15, -0.1) is 11.3 Å². The average molecular weight is 266 g/mol. The van der Waals surface area contributed by atoms with Gasteiger partial charge in [-0.2, -0.15) is 0 Å². The van der Waals surface area contributed by atoms with Crippen LogP contribution in [0.1, 0.15) is 25.6 Å². The summed E-state index contributed by atoms with van der Waals surface area (Å²) < 4.78 is 1.38. The first-order valence-corrected chi connectivity index (χ1v) is 7.46. The van der Waals surface area contributed by atoms with Crippen LogP contribution >= 0.6 is 11.3 Å². The number of hydrogen-bond donors (Lipinski definition) is 0. The third-order valence-electron chi connectivity index (χ3n) is 3.34. The second-order valence-electron chi connectivity index (χ2n) is 5.92. The molecule has 1 aromatic heterocycles. The van der Waals surface area contributed by atoms with E-state index in [1.54, 1.807) is 0 Å². The van der Waals surface area contributed by atoms with Gasteiger partial charge in [0.2, 0.25) is 0 Å². The van der Waals surface area contributed by atoms with Crippen LogP contribution in [0.15, 0.2) is 54.6 Å². The van der Waals surface area contributed by atoms with E-state index in [1.165, 1.54) is 26.1 Å². The van der Waals surface area contributed by atoms with Crippen LogP contribution in [0.25, 0.3) is 21.2 Å². The van der Waals surface area contributed by atoms with Crippen LogP contribution in [-0.2, 0) is 5.41 Å². The third-order valence-corrected chi connectivity index (χ3v) is 4.94. The van der Waals surface area contributed by atoms with E-state index >= 15 is 0 Å². The van der Waals surface area contributed by atoms with E-state index in [2.05, 4.69) is 75.4 Å². The molecule has 0 radical (unpaired) electrons. The van der Waals surface area contributed by atoms with Gasteiger partial charge in [0, 0.05) is 20.5 Å². The van der Waals surface area contributed by atoms with Gasteiger partial charge in [0.1, 0.15) is 0 Å². The molecular weight excluding hydrogens is 248 g/mol. The van der Waals surface area contributed by atoms with Crippen molar-refractivity contribution >= 4 is 21.4 Å². The van der Waals surface area contributed by atoms with Crippen LogP contribution in [0.2, 0.25) is 0 Å². The van der Waals surface area contributed by atoms with Crippen molar-refractivity contribution in [1.82, 2.24) is 0 Å². The highest BCUT2D eigenvalue weighted by molar-refractivity contribution is 7.19. The summed E-state index contributed by atoms with van der Waals surface area (Å²) in [5, 5.41) is 1.38. The molecule has 0 aliphatic rings. The molecule has 0 saturated carbocycles. The second kappa shape index (κ2) is 4.50. The number of rotatable bonds is 1. The topological polar surface area (TPSA) is 0 Å². The maximum atomic E-state index is 2.30. The molecule has 1 heterocycles. The molecule has 19 heavy (non-hydrogen) atoms. The number of hydrogen-bond acceptors (Lipinski definition) is 1. The van der Waals surface area contributed by atoms with E-state index in [9.17, 15) is 0 Å². The Bertz CT molecular complexity index is 699. The monoisotopic (exact) mass is 266 g/mol. The summed E-state index contributed by atoms with van der Waals surface area (Å²) >= 11 is 1.93. The maximum absolute atomic E-state index is 2.30. The molecular formula is C18H18S. The molecule has 0 spiro atoms. The summed E-state index contributed by atoms with van der Waals surface area (Å²) in [6.45, 7) is 6.89. The summed E-state index contributed by atoms with van der Waals surface area (Å²) in [6.07, 6.45) is 0. The highest BCUT2D eigenvalue weighted by Crippen LogP contribution is 2.44. The van der Waals surface area contributed by atoms with Crippen LogP contribution in [-0.4, -0.2) is 0 Å². The zero-order valence-electron chi connectivity index (χ0n) is 11.6. The molecule has 2 aromatic carbocycles. The molecule has 0 aliphatic heterocycles. The minimum atomic E-state index is 0.175. The highest BCUT2D eigenvalue weighted by Gasteiger charge is 2.23. The largest absolute Gasteiger partial charge is 0.139 e. The normalized spacial score (nSPS) is 11.9. The van der Waals surface area contributed by atoms with Gasteiger partial charge in [-0.3, -0.25) is 0 Å². The Morgan fingerprint density at radius 2 is 1.42 bits per heavy atom. The van der Waals surface area contributed by atoms with E-state index in [-0.39, 0.29) is 5.41 Å². The van der Waals surface area contributed by atoms with Crippen molar-refractivity contribution in [3.63, 3.8) is 0 Å². The SMILES string of the molecule is CC(C)(C)c1sc2ccccc2c1-c1ccccc1. The van der Waals surface area contributed by atoms with Crippen LogP contribution in [0.4, 0.5) is 0 Å². The zero-order valence-corrected chi connectivity index (χ0v) is 12.4. The summed E-state index contributed by atoms with van der Waals surface area (Å²) in [5.74, 6) is 0. The van der Waals surface area contributed by atoms with Crippen LogP contribution in [0.3, 0.4) is 0 Å². The molecule has 0 saturated heterocycles. The lowest BCUT2D eigenvalue weighted by Gasteiger charge is -2.19. The first-order chi connectivity index (χ1) is 9.07. The Kier molecular flexibility index (Phi) is 2.94. The van der Waals surface area contributed by atoms with Gasteiger partial charge in [-0.25, -0.2) is 0 Å². The van der Waals surface area contributed by atoms with E-state index < -0.39 is 0 Å². The second-order valence-corrected chi connectivity index (χ2v) is 6.97. The molecule has 96 valence electrons. The Labute approximate surface area is 118 Å². The maximum Gasteiger partial charge on any atom is 0.0352 e. The molecule has 0 N–H and O–H groups in total. The van der Waals surface area contributed by atoms with Gasteiger partial charge in [-0.1, -0.05) is 69.3 Å². The van der Waals surface area contributed by atoms with Crippen molar-refractivity contribution in [3.05, 3.63) is 59.5 Å². The lowest BCUT2D eigenvalue weighted by atomic mass is 9.88. The molecule has 3 rings (SSSR count). The van der Waals surface area contributed by atoms with Gasteiger partial charge in [0.15, 0.2) is 0 Å². The first kappa shape index (κ1) is 12.4. The molecule has 1 heteroatoms. The highest BCUT2D eigenvalue weighted by atomic mass is 32.1. The minimum absolute atomic E-state index is 0.175. The van der Waals surface area contributed by atoms with Gasteiger partial charge < -0.3 is 0 Å². The smallest absolute Gasteiger partial charge is 0.0352 e. The molecule has 0 amide bonds. The summed E-state index contributed by atoms with van der Waals surface area (Å²) in [7, 11) is 0. The van der Waals surface area contributed by atoms with Gasteiger partial charge in [0.25, 0.3) is 0 Å². The quantitative estimate of drug-likeness (QED) is 0.517. The van der Waals surface area contributed by atoms with Crippen molar-refractivity contribution in [1.29, 1.82) is 0 Å². The Morgan fingerprint density at radius 1 is 0.789 bits per heavy atom. The van der Waals surface area contributed by atoms with Gasteiger partial charge >= 0.3 is 0 Å². The average Bonchev–Trinajstić information content (AvgIpc) is 2.79. The van der Waals surface area contributed by atoms with Crippen molar-refractivity contribution < 1.29 is 0 Å². The Morgan fingerprint density at radius 3 is 2.11 bits per heavy atom. The molecule has 0 unspecified atom stereocenters. The predicted octanol–water partition coefficient (Wildman–Crippen LogP) is 5.87. The van der Waals surface area contributed by atoms with Crippen LogP contribution < -0.4 is 0 Å². The van der Waals surface area contributed by atoms with E-state index in [1.807, 2.05) is 11.3 Å². The van der Waals surface area contributed by atoms with E-state index in [0.717, 1.165) is 0 Å². The van der Waals surface area contributed by atoms with Crippen molar-refractivity contribution in [3.8, 4) is 11.1 Å². The zero-order chi connectivity index (χ0) is 13.5. The molecule has 0 bridgehead atoms.